The fraction of sp³-hybridized carbons (Fsp3) is 0.192. The summed E-state index contributed by atoms with van der Waals surface area (Å²) < 4.78 is 11.8. The number of hydrogen-bond donors (Lipinski definition) is 0. The van der Waals surface area contributed by atoms with Gasteiger partial charge in [0.05, 0.1) is 18.5 Å². The molecule has 9 heteroatoms. The molecule has 0 bridgehead atoms. The summed E-state index contributed by atoms with van der Waals surface area (Å²) in [7, 11) is 0. The standard InChI is InChI=1S/C26H20ClIN2O5/c27-18-4-1-16(2-5-18)12-24(31)29(14-17-3-10-22-23(11-17)35-15-34-22)21-13-25(32)30(26(21)33)20-8-6-19(28)7-9-20/h1-11,21H,12-15H2. The minimum absolute atomic E-state index is 0.0726. The highest BCUT2D eigenvalue weighted by Gasteiger charge is 2.44. The zero-order chi connectivity index (χ0) is 24.5. The van der Waals surface area contributed by atoms with Crippen LogP contribution in [-0.4, -0.2) is 35.5 Å². The maximum atomic E-state index is 13.5. The maximum absolute atomic E-state index is 13.5. The van der Waals surface area contributed by atoms with Crippen LogP contribution < -0.4 is 14.4 Å². The smallest absolute Gasteiger partial charge is 0.257 e. The van der Waals surface area contributed by atoms with Crippen molar-refractivity contribution < 1.29 is 23.9 Å². The number of carbonyl (C=O) groups excluding carboxylic acids is 3. The SMILES string of the molecule is O=C1CC(N(Cc2ccc3c(c2)OCO3)C(=O)Cc2ccc(Cl)cc2)C(=O)N1c1ccc(I)cc1. The summed E-state index contributed by atoms with van der Waals surface area (Å²) in [6.07, 6.45) is -0.00898. The fourth-order valence-electron chi connectivity index (χ4n) is 4.21. The summed E-state index contributed by atoms with van der Waals surface area (Å²) in [5, 5.41) is 0.572. The van der Waals surface area contributed by atoms with Gasteiger partial charge in [-0.25, -0.2) is 4.90 Å². The van der Waals surface area contributed by atoms with Crippen LogP contribution in [0.1, 0.15) is 17.5 Å². The van der Waals surface area contributed by atoms with E-state index in [4.69, 9.17) is 21.1 Å². The molecule has 5 rings (SSSR count). The summed E-state index contributed by atoms with van der Waals surface area (Å²) in [4.78, 5) is 42.6. The van der Waals surface area contributed by atoms with Crippen molar-refractivity contribution in [2.75, 3.05) is 11.7 Å². The molecule has 0 radical (unpaired) electrons. The third kappa shape index (κ3) is 4.99. The molecule has 0 saturated carbocycles. The first-order valence-corrected chi connectivity index (χ1v) is 12.4. The highest BCUT2D eigenvalue weighted by Crippen LogP contribution is 2.34. The number of imide groups is 1. The Labute approximate surface area is 220 Å². The lowest BCUT2D eigenvalue weighted by molar-refractivity contribution is -0.138. The van der Waals surface area contributed by atoms with Crippen molar-refractivity contribution in [3.8, 4) is 11.5 Å². The number of rotatable bonds is 6. The largest absolute Gasteiger partial charge is 0.454 e. The van der Waals surface area contributed by atoms with Crippen molar-refractivity contribution in [2.45, 2.75) is 25.4 Å². The molecule has 2 heterocycles. The van der Waals surface area contributed by atoms with E-state index in [1.54, 1.807) is 48.5 Å². The molecule has 0 spiro atoms. The van der Waals surface area contributed by atoms with Crippen molar-refractivity contribution in [2.24, 2.45) is 0 Å². The third-order valence-corrected chi connectivity index (χ3v) is 6.93. The van der Waals surface area contributed by atoms with Gasteiger partial charge in [-0.15, -0.1) is 0 Å². The maximum Gasteiger partial charge on any atom is 0.257 e. The number of halogens is 2. The van der Waals surface area contributed by atoms with Gasteiger partial charge in [0.25, 0.3) is 5.91 Å². The number of benzene rings is 3. The minimum Gasteiger partial charge on any atom is -0.454 e. The molecule has 3 aromatic rings. The summed E-state index contributed by atoms with van der Waals surface area (Å²) >= 11 is 8.14. The normalized spacial score (nSPS) is 16.6. The van der Waals surface area contributed by atoms with Gasteiger partial charge in [-0.1, -0.05) is 29.8 Å². The molecule has 1 fully saturated rings. The number of nitrogens with zero attached hydrogens (tertiary/aromatic N) is 2. The molecule has 35 heavy (non-hydrogen) atoms. The van der Waals surface area contributed by atoms with E-state index in [-0.39, 0.29) is 38.0 Å². The molecule has 1 saturated heterocycles. The molecular formula is C26H20ClIN2O5. The van der Waals surface area contributed by atoms with E-state index in [1.807, 2.05) is 18.2 Å². The van der Waals surface area contributed by atoms with Crippen LogP contribution in [-0.2, 0) is 27.3 Å². The van der Waals surface area contributed by atoms with Crippen molar-refractivity contribution in [3.63, 3.8) is 0 Å². The second-order valence-corrected chi connectivity index (χ2v) is 9.96. The van der Waals surface area contributed by atoms with Gasteiger partial charge in [0.2, 0.25) is 18.6 Å². The summed E-state index contributed by atoms with van der Waals surface area (Å²) in [6.45, 7) is 0.284. The first-order valence-electron chi connectivity index (χ1n) is 10.9. The van der Waals surface area contributed by atoms with Crippen LogP contribution in [0.4, 0.5) is 5.69 Å². The second kappa shape index (κ2) is 9.87. The molecule has 1 atom stereocenters. The zero-order valence-electron chi connectivity index (χ0n) is 18.4. The zero-order valence-corrected chi connectivity index (χ0v) is 21.4. The van der Waals surface area contributed by atoms with Gasteiger partial charge in [0.15, 0.2) is 11.5 Å². The van der Waals surface area contributed by atoms with Crippen LogP contribution in [0.5, 0.6) is 11.5 Å². The van der Waals surface area contributed by atoms with Crippen molar-refractivity contribution >= 4 is 57.6 Å². The van der Waals surface area contributed by atoms with E-state index in [2.05, 4.69) is 22.6 Å². The molecule has 0 N–H and O–H groups in total. The molecule has 0 aromatic heterocycles. The number of fused-ring (bicyclic) bond motifs is 1. The van der Waals surface area contributed by atoms with Gasteiger partial charge >= 0.3 is 0 Å². The highest BCUT2D eigenvalue weighted by molar-refractivity contribution is 14.1. The minimum atomic E-state index is -0.910. The first-order chi connectivity index (χ1) is 16.9. The molecule has 3 amide bonds. The Balaban J connectivity index is 1.44. The Morgan fingerprint density at radius 2 is 1.66 bits per heavy atom. The van der Waals surface area contributed by atoms with Crippen molar-refractivity contribution in [1.29, 1.82) is 0 Å². The van der Waals surface area contributed by atoms with E-state index in [0.717, 1.165) is 14.7 Å². The molecule has 7 nitrogen and oxygen atoms in total. The quantitative estimate of drug-likeness (QED) is 0.305. The molecule has 3 aromatic carbocycles. The summed E-state index contributed by atoms with van der Waals surface area (Å²) in [5.41, 5.74) is 2.03. The van der Waals surface area contributed by atoms with Gasteiger partial charge in [0, 0.05) is 15.1 Å². The molecular weight excluding hydrogens is 583 g/mol. The molecule has 178 valence electrons. The van der Waals surface area contributed by atoms with Crippen LogP contribution >= 0.6 is 34.2 Å². The van der Waals surface area contributed by atoms with Crippen LogP contribution in [0.25, 0.3) is 0 Å². The molecule has 0 aliphatic carbocycles. The lowest BCUT2D eigenvalue weighted by atomic mass is 10.1. The Bertz CT molecular complexity index is 1300. The average molecular weight is 603 g/mol. The number of hydrogen-bond acceptors (Lipinski definition) is 5. The lowest BCUT2D eigenvalue weighted by Gasteiger charge is -2.28. The van der Waals surface area contributed by atoms with E-state index >= 15 is 0 Å². The highest BCUT2D eigenvalue weighted by atomic mass is 127. The van der Waals surface area contributed by atoms with E-state index in [1.165, 1.54) is 9.80 Å². The van der Waals surface area contributed by atoms with Gasteiger partial charge in [-0.3, -0.25) is 14.4 Å². The van der Waals surface area contributed by atoms with Gasteiger partial charge in [0.1, 0.15) is 6.04 Å². The Morgan fingerprint density at radius 3 is 2.40 bits per heavy atom. The van der Waals surface area contributed by atoms with Crippen molar-refractivity contribution in [1.82, 2.24) is 4.90 Å². The second-order valence-electron chi connectivity index (χ2n) is 8.28. The van der Waals surface area contributed by atoms with Crippen LogP contribution in [0.15, 0.2) is 66.7 Å². The van der Waals surface area contributed by atoms with E-state index in [9.17, 15) is 14.4 Å². The van der Waals surface area contributed by atoms with Gasteiger partial charge < -0.3 is 14.4 Å². The Kier molecular flexibility index (Phi) is 6.66. The summed E-state index contributed by atoms with van der Waals surface area (Å²) in [5.74, 6) is 0.199. The lowest BCUT2D eigenvalue weighted by Crippen LogP contribution is -2.45. The average Bonchev–Trinajstić information content (AvgIpc) is 3.43. The van der Waals surface area contributed by atoms with E-state index < -0.39 is 11.9 Å². The molecule has 1 unspecified atom stereocenters. The van der Waals surface area contributed by atoms with Gasteiger partial charge in [-0.2, -0.15) is 0 Å². The number of anilines is 1. The topological polar surface area (TPSA) is 76.1 Å². The molecule has 2 aliphatic rings. The number of ether oxygens (including phenoxy) is 2. The fourth-order valence-corrected chi connectivity index (χ4v) is 4.69. The Hall–Kier alpha value is -3.11. The monoisotopic (exact) mass is 602 g/mol. The first kappa shape index (κ1) is 23.6. The van der Waals surface area contributed by atoms with Crippen LogP contribution in [0, 0.1) is 3.57 Å². The number of amides is 3. The van der Waals surface area contributed by atoms with E-state index in [0.29, 0.717) is 22.2 Å². The third-order valence-electron chi connectivity index (χ3n) is 5.96. The van der Waals surface area contributed by atoms with Gasteiger partial charge in [-0.05, 0) is 82.2 Å². The Morgan fingerprint density at radius 1 is 0.971 bits per heavy atom. The number of carbonyl (C=O) groups is 3. The van der Waals surface area contributed by atoms with Crippen LogP contribution in [0.3, 0.4) is 0 Å². The molecule has 2 aliphatic heterocycles. The summed E-state index contributed by atoms with van der Waals surface area (Å²) in [6, 6.07) is 18.6. The van der Waals surface area contributed by atoms with Crippen molar-refractivity contribution in [3.05, 3.63) is 86.4 Å². The van der Waals surface area contributed by atoms with Crippen LogP contribution in [0.2, 0.25) is 5.02 Å². The predicted molar refractivity (Wildman–Crippen MR) is 138 cm³/mol. The predicted octanol–water partition coefficient (Wildman–Crippen LogP) is 4.58.